The summed E-state index contributed by atoms with van der Waals surface area (Å²) in [5.41, 5.74) is 2.36. The number of pyridine rings is 1. The van der Waals surface area contributed by atoms with E-state index in [1.807, 2.05) is 35.0 Å². The maximum absolute atomic E-state index is 11.9. The van der Waals surface area contributed by atoms with E-state index in [4.69, 9.17) is 23.2 Å². The summed E-state index contributed by atoms with van der Waals surface area (Å²) in [4.78, 5) is 16.3. The van der Waals surface area contributed by atoms with Crippen molar-refractivity contribution in [2.45, 2.75) is 6.42 Å². The Morgan fingerprint density at radius 2 is 1.96 bits per heavy atom. The van der Waals surface area contributed by atoms with Crippen LogP contribution in [0.1, 0.15) is 5.69 Å². The van der Waals surface area contributed by atoms with Gasteiger partial charge in [0.05, 0.1) is 5.69 Å². The highest BCUT2D eigenvalue weighted by molar-refractivity contribution is 6.35. The minimum Gasteiger partial charge on any atom is -0.337 e. The maximum atomic E-state index is 11.9. The number of anilines is 1. The Morgan fingerprint density at radius 1 is 1.17 bits per heavy atom. The monoisotopic (exact) mass is 348 g/mol. The first kappa shape index (κ1) is 15.6. The largest absolute Gasteiger partial charge is 0.337 e. The van der Waals surface area contributed by atoms with E-state index in [1.165, 1.54) is 0 Å². The summed E-state index contributed by atoms with van der Waals surface area (Å²) in [6.07, 6.45) is 4.53. The van der Waals surface area contributed by atoms with Crippen molar-refractivity contribution in [2.24, 2.45) is 0 Å². The van der Waals surface area contributed by atoms with E-state index < -0.39 is 0 Å². The second-order valence-corrected chi connectivity index (χ2v) is 5.86. The number of benzene rings is 1. The molecule has 0 radical (unpaired) electrons. The van der Waals surface area contributed by atoms with Crippen molar-refractivity contribution in [1.82, 2.24) is 14.7 Å². The molecular weight excluding hydrogens is 335 g/mol. The van der Waals surface area contributed by atoms with E-state index >= 15 is 0 Å². The lowest BCUT2D eigenvalue weighted by molar-refractivity contribution is 0.252. The van der Waals surface area contributed by atoms with Crippen molar-refractivity contribution in [2.75, 3.05) is 11.9 Å². The van der Waals surface area contributed by atoms with E-state index in [9.17, 15) is 4.79 Å². The van der Waals surface area contributed by atoms with Crippen LogP contribution in [0, 0.1) is 0 Å². The highest BCUT2D eigenvalue weighted by Gasteiger charge is 2.05. The number of carbonyl (C=O) groups is 1. The SMILES string of the molecule is O=C(NCCc1cn2ccccc2n1)Nc1cc(Cl)cc(Cl)c1. The van der Waals surface area contributed by atoms with Crippen LogP contribution in [-0.4, -0.2) is 22.0 Å². The van der Waals surface area contributed by atoms with Crippen LogP contribution in [0.4, 0.5) is 10.5 Å². The van der Waals surface area contributed by atoms with Crippen molar-refractivity contribution in [3.8, 4) is 0 Å². The van der Waals surface area contributed by atoms with Gasteiger partial charge in [0.15, 0.2) is 0 Å². The Labute approximate surface area is 143 Å². The average Bonchev–Trinajstić information content (AvgIpc) is 2.88. The minimum absolute atomic E-state index is 0.313. The van der Waals surface area contributed by atoms with E-state index in [0.29, 0.717) is 28.7 Å². The predicted octanol–water partition coefficient (Wildman–Crippen LogP) is 4.01. The molecule has 0 fully saturated rings. The van der Waals surface area contributed by atoms with Crippen molar-refractivity contribution >= 4 is 40.6 Å². The predicted molar refractivity (Wildman–Crippen MR) is 92.4 cm³/mol. The Morgan fingerprint density at radius 3 is 2.70 bits per heavy atom. The number of halogens is 2. The molecule has 0 aliphatic rings. The average molecular weight is 349 g/mol. The first-order valence-electron chi connectivity index (χ1n) is 7.04. The normalized spacial score (nSPS) is 10.7. The quantitative estimate of drug-likeness (QED) is 0.748. The van der Waals surface area contributed by atoms with Crippen LogP contribution in [-0.2, 0) is 6.42 Å². The molecule has 0 saturated carbocycles. The Hall–Kier alpha value is -2.24. The molecule has 0 aliphatic carbocycles. The lowest BCUT2D eigenvalue weighted by Gasteiger charge is -2.07. The summed E-state index contributed by atoms with van der Waals surface area (Å²) in [6.45, 7) is 0.476. The molecule has 118 valence electrons. The van der Waals surface area contributed by atoms with Crippen LogP contribution in [0.2, 0.25) is 10.0 Å². The van der Waals surface area contributed by atoms with Gasteiger partial charge in [-0.05, 0) is 30.3 Å². The molecule has 2 amide bonds. The standard InChI is InChI=1S/C16H14Cl2N4O/c17-11-7-12(18)9-14(8-11)21-16(23)19-5-4-13-10-22-6-2-1-3-15(22)20-13/h1-3,6-10H,4-5H2,(H2,19,21,23). The maximum Gasteiger partial charge on any atom is 0.319 e. The van der Waals surface area contributed by atoms with Crippen LogP contribution >= 0.6 is 23.2 Å². The summed E-state index contributed by atoms with van der Waals surface area (Å²) in [5, 5.41) is 6.41. The molecule has 5 nitrogen and oxygen atoms in total. The zero-order valence-electron chi connectivity index (χ0n) is 12.1. The second kappa shape index (κ2) is 6.89. The van der Waals surface area contributed by atoms with Gasteiger partial charge in [0, 0.05) is 41.1 Å². The number of amides is 2. The molecule has 2 N–H and O–H groups in total. The van der Waals surface area contributed by atoms with E-state index in [2.05, 4.69) is 15.6 Å². The smallest absolute Gasteiger partial charge is 0.319 e. The van der Waals surface area contributed by atoms with Gasteiger partial charge in [-0.3, -0.25) is 0 Å². The third-order valence-electron chi connectivity index (χ3n) is 3.20. The van der Waals surface area contributed by atoms with E-state index in [-0.39, 0.29) is 6.03 Å². The van der Waals surface area contributed by atoms with Gasteiger partial charge in [-0.25, -0.2) is 9.78 Å². The summed E-state index contributed by atoms with van der Waals surface area (Å²) < 4.78 is 1.95. The number of nitrogens with one attached hydrogen (secondary N) is 2. The molecule has 0 saturated heterocycles. The molecule has 0 aliphatic heterocycles. The summed E-state index contributed by atoms with van der Waals surface area (Å²) in [5.74, 6) is 0. The Balaban J connectivity index is 1.52. The fraction of sp³-hybridized carbons (Fsp3) is 0.125. The summed E-state index contributed by atoms with van der Waals surface area (Å²) >= 11 is 11.8. The molecule has 3 aromatic rings. The third kappa shape index (κ3) is 4.15. The van der Waals surface area contributed by atoms with Crippen molar-refractivity contribution < 1.29 is 4.79 Å². The molecule has 0 bridgehead atoms. The molecular formula is C16H14Cl2N4O. The fourth-order valence-corrected chi connectivity index (χ4v) is 2.74. The van der Waals surface area contributed by atoms with Gasteiger partial charge < -0.3 is 15.0 Å². The molecule has 3 rings (SSSR count). The number of aromatic nitrogens is 2. The van der Waals surface area contributed by atoms with Crippen molar-refractivity contribution in [3.63, 3.8) is 0 Å². The molecule has 23 heavy (non-hydrogen) atoms. The summed E-state index contributed by atoms with van der Waals surface area (Å²) in [7, 11) is 0. The topological polar surface area (TPSA) is 58.4 Å². The van der Waals surface area contributed by atoms with Crippen LogP contribution in [0.5, 0.6) is 0 Å². The van der Waals surface area contributed by atoms with E-state index in [1.54, 1.807) is 18.2 Å². The van der Waals surface area contributed by atoms with Crippen molar-refractivity contribution in [3.05, 3.63) is 64.5 Å². The number of carbonyl (C=O) groups excluding carboxylic acids is 1. The van der Waals surface area contributed by atoms with Gasteiger partial charge in [-0.15, -0.1) is 0 Å². The molecule has 1 aromatic carbocycles. The first-order chi connectivity index (χ1) is 11.1. The minimum atomic E-state index is -0.313. The van der Waals surface area contributed by atoms with Crippen LogP contribution in [0.25, 0.3) is 5.65 Å². The van der Waals surface area contributed by atoms with Gasteiger partial charge in [-0.1, -0.05) is 29.3 Å². The third-order valence-corrected chi connectivity index (χ3v) is 3.64. The van der Waals surface area contributed by atoms with Gasteiger partial charge in [0.1, 0.15) is 5.65 Å². The van der Waals surface area contributed by atoms with Crippen molar-refractivity contribution in [1.29, 1.82) is 0 Å². The number of nitrogens with zero attached hydrogens (tertiary/aromatic N) is 2. The number of imidazole rings is 1. The zero-order chi connectivity index (χ0) is 16.2. The molecule has 2 heterocycles. The van der Waals surface area contributed by atoms with Gasteiger partial charge in [0.25, 0.3) is 0 Å². The number of fused-ring (bicyclic) bond motifs is 1. The number of hydrogen-bond donors (Lipinski definition) is 2. The Bertz CT molecular complexity index is 794. The number of hydrogen-bond acceptors (Lipinski definition) is 2. The van der Waals surface area contributed by atoms with Crippen LogP contribution in [0.15, 0.2) is 48.8 Å². The number of rotatable bonds is 4. The zero-order valence-corrected chi connectivity index (χ0v) is 13.6. The molecule has 7 heteroatoms. The highest BCUT2D eigenvalue weighted by atomic mass is 35.5. The molecule has 0 spiro atoms. The second-order valence-electron chi connectivity index (χ2n) is 4.99. The number of urea groups is 1. The van der Waals surface area contributed by atoms with E-state index in [0.717, 1.165) is 11.3 Å². The van der Waals surface area contributed by atoms with Gasteiger partial charge in [0.2, 0.25) is 0 Å². The lowest BCUT2D eigenvalue weighted by atomic mass is 10.3. The van der Waals surface area contributed by atoms with Crippen LogP contribution < -0.4 is 10.6 Å². The van der Waals surface area contributed by atoms with Crippen LogP contribution in [0.3, 0.4) is 0 Å². The molecule has 0 unspecified atom stereocenters. The molecule has 0 atom stereocenters. The molecule has 2 aromatic heterocycles. The highest BCUT2D eigenvalue weighted by Crippen LogP contribution is 2.22. The Kier molecular flexibility index (Phi) is 4.69. The fourth-order valence-electron chi connectivity index (χ4n) is 2.21. The van der Waals surface area contributed by atoms with Gasteiger partial charge >= 0.3 is 6.03 Å². The van der Waals surface area contributed by atoms with Gasteiger partial charge in [-0.2, -0.15) is 0 Å². The first-order valence-corrected chi connectivity index (χ1v) is 7.79. The lowest BCUT2D eigenvalue weighted by Crippen LogP contribution is -2.30. The summed E-state index contributed by atoms with van der Waals surface area (Å²) in [6, 6.07) is 10.4.